The summed E-state index contributed by atoms with van der Waals surface area (Å²) >= 11 is 5.62. The molecule has 10 nitrogen and oxygen atoms in total. The van der Waals surface area contributed by atoms with Crippen molar-refractivity contribution >= 4 is 31.4 Å². The number of thiocarbonyl (C=S) groups is 1. The molecule has 2 aliphatic heterocycles. The summed E-state index contributed by atoms with van der Waals surface area (Å²) in [5.41, 5.74) is 1.18. The van der Waals surface area contributed by atoms with Crippen molar-refractivity contribution in [2.75, 3.05) is 20.3 Å². The highest BCUT2D eigenvalue weighted by atomic mass is 32.1. The van der Waals surface area contributed by atoms with E-state index < -0.39 is 51.0 Å². The molecular formula is C30H36N2O8SSi. The lowest BCUT2D eigenvalue weighted by Gasteiger charge is -2.48. The summed E-state index contributed by atoms with van der Waals surface area (Å²) in [4.78, 5) is 17.4. The Morgan fingerprint density at radius 1 is 1.05 bits per heavy atom. The molecule has 6 atom stereocenters. The van der Waals surface area contributed by atoms with Crippen molar-refractivity contribution in [2.45, 2.75) is 62.7 Å². The average Bonchev–Trinajstić information content (AvgIpc) is 3.54. The molecule has 2 fully saturated rings. The van der Waals surface area contributed by atoms with Crippen LogP contribution in [0.2, 0.25) is 25.7 Å². The minimum atomic E-state index is -1.42. The number of hydrogen-bond donors (Lipinski definition) is 0. The summed E-state index contributed by atoms with van der Waals surface area (Å²) in [7, 11) is 0.183. The SMILES string of the molecule is COc1ccc([C@@H]2OC[C@H]3O[C@@H](OCC[Si](C)(C)C)[C@H](OC(=O)c4ccccc4)[C@@H](OC(=S)n4ccnc4)[C@@H]3O2)cc1. The number of rotatable bonds is 9. The van der Waals surface area contributed by atoms with E-state index in [1.807, 2.05) is 30.3 Å². The molecule has 1 aromatic heterocycles. The Morgan fingerprint density at radius 2 is 1.81 bits per heavy atom. The maximum atomic E-state index is 13.4. The molecule has 2 saturated heterocycles. The topological polar surface area (TPSA) is 99.5 Å². The van der Waals surface area contributed by atoms with E-state index in [0.29, 0.717) is 17.9 Å². The molecule has 0 amide bonds. The molecular weight excluding hydrogens is 576 g/mol. The standard InChI is InChI=1S/C30H36N2O8SSi/c1-34-22-12-10-21(11-13-22)28-36-18-23-24(39-28)25(40-30(41)32-15-14-31-19-32)26(29(37-23)35-16-17-42(2,3)4)38-27(33)20-8-6-5-7-9-20/h5-15,19,23-26,28-29H,16-18H2,1-4H3/t23-,24-,25+,26-,28-,29-/m1/s1. The van der Waals surface area contributed by atoms with Gasteiger partial charge < -0.3 is 33.2 Å². The van der Waals surface area contributed by atoms with Gasteiger partial charge in [0, 0.05) is 32.6 Å². The third-order valence-electron chi connectivity index (χ3n) is 7.01. The van der Waals surface area contributed by atoms with Gasteiger partial charge in [0.15, 0.2) is 24.8 Å². The highest BCUT2D eigenvalue weighted by molar-refractivity contribution is 7.80. The maximum absolute atomic E-state index is 13.4. The molecule has 2 aromatic carbocycles. The molecule has 3 aromatic rings. The smallest absolute Gasteiger partial charge is 0.338 e. The first-order valence-electron chi connectivity index (χ1n) is 13.8. The Hall–Kier alpha value is -3.13. The van der Waals surface area contributed by atoms with E-state index in [1.165, 1.54) is 6.33 Å². The van der Waals surface area contributed by atoms with Crippen LogP contribution >= 0.6 is 12.2 Å². The third kappa shape index (κ3) is 7.44. The summed E-state index contributed by atoms with van der Waals surface area (Å²) in [6, 6.07) is 17.1. The normalized spacial score (nSPS) is 25.7. The van der Waals surface area contributed by atoms with Crippen LogP contribution in [-0.4, -0.2) is 79.8 Å². The minimum Gasteiger partial charge on any atom is -0.497 e. The summed E-state index contributed by atoms with van der Waals surface area (Å²) in [6.45, 7) is 7.42. The molecule has 0 spiro atoms. The molecule has 42 heavy (non-hydrogen) atoms. The van der Waals surface area contributed by atoms with Crippen LogP contribution in [0, 0.1) is 0 Å². The van der Waals surface area contributed by atoms with Crippen LogP contribution < -0.4 is 4.74 Å². The van der Waals surface area contributed by atoms with Crippen molar-refractivity contribution in [3.8, 4) is 5.75 Å². The van der Waals surface area contributed by atoms with Crippen molar-refractivity contribution in [3.05, 3.63) is 84.4 Å². The molecule has 0 aliphatic carbocycles. The summed E-state index contributed by atoms with van der Waals surface area (Å²) in [5, 5.41) is 0.121. The molecule has 12 heteroatoms. The van der Waals surface area contributed by atoms with Crippen LogP contribution in [0.25, 0.3) is 0 Å². The Morgan fingerprint density at radius 3 is 2.48 bits per heavy atom. The summed E-state index contributed by atoms with van der Waals surface area (Å²) < 4.78 is 44.5. The number of imidazole rings is 1. The van der Waals surface area contributed by atoms with Crippen LogP contribution in [-0.2, 0) is 28.4 Å². The second-order valence-electron chi connectivity index (χ2n) is 11.3. The van der Waals surface area contributed by atoms with Crippen LogP contribution in [0.3, 0.4) is 0 Å². The lowest BCUT2D eigenvalue weighted by atomic mass is 9.97. The van der Waals surface area contributed by atoms with E-state index in [2.05, 4.69) is 24.6 Å². The number of fused-ring (bicyclic) bond motifs is 1. The highest BCUT2D eigenvalue weighted by Gasteiger charge is 2.54. The summed E-state index contributed by atoms with van der Waals surface area (Å²) in [5.74, 6) is 0.175. The Bertz CT molecular complexity index is 1320. The van der Waals surface area contributed by atoms with Crippen molar-refractivity contribution < 1.29 is 38.0 Å². The van der Waals surface area contributed by atoms with E-state index in [4.69, 9.17) is 45.4 Å². The monoisotopic (exact) mass is 612 g/mol. The predicted octanol–water partition coefficient (Wildman–Crippen LogP) is 4.83. The van der Waals surface area contributed by atoms with Gasteiger partial charge >= 0.3 is 5.97 Å². The number of nitrogens with zero attached hydrogens (tertiary/aromatic N) is 2. The first-order valence-corrected chi connectivity index (χ1v) is 18.0. The lowest BCUT2D eigenvalue weighted by molar-refractivity contribution is -0.358. The number of carbonyl (C=O) groups excluding carboxylic acids is 1. The fourth-order valence-electron chi connectivity index (χ4n) is 4.66. The predicted molar refractivity (Wildman–Crippen MR) is 160 cm³/mol. The van der Waals surface area contributed by atoms with Crippen LogP contribution in [0.15, 0.2) is 73.3 Å². The molecule has 3 heterocycles. The fraction of sp³-hybridized carbons (Fsp3) is 0.433. The average molecular weight is 613 g/mol. The Kier molecular flexibility index (Phi) is 9.71. The van der Waals surface area contributed by atoms with Gasteiger partial charge in [-0.25, -0.2) is 9.78 Å². The third-order valence-corrected chi connectivity index (χ3v) is 9.02. The van der Waals surface area contributed by atoms with Crippen molar-refractivity contribution in [1.82, 2.24) is 9.55 Å². The zero-order valence-electron chi connectivity index (χ0n) is 24.1. The maximum Gasteiger partial charge on any atom is 0.338 e. The van der Waals surface area contributed by atoms with Crippen molar-refractivity contribution in [2.24, 2.45) is 0 Å². The zero-order valence-corrected chi connectivity index (χ0v) is 25.9. The number of benzene rings is 2. The Labute approximate surface area is 251 Å². The highest BCUT2D eigenvalue weighted by Crippen LogP contribution is 2.37. The van der Waals surface area contributed by atoms with Crippen LogP contribution in [0.1, 0.15) is 22.2 Å². The number of methoxy groups -OCH3 is 1. The molecule has 0 radical (unpaired) electrons. The van der Waals surface area contributed by atoms with E-state index in [0.717, 1.165) is 11.6 Å². The van der Waals surface area contributed by atoms with Gasteiger partial charge in [-0.2, -0.15) is 0 Å². The first kappa shape index (κ1) is 30.3. The molecule has 5 rings (SSSR count). The number of esters is 1. The molecule has 0 bridgehead atoms. The zero-order chi connectivity index (χ0) is 29.7. The van der Waals surface area contributed by atoms with Gasteiger partial charge in [0.05, 0.1) is 19.3 Å². The first-order chi connectivity index (χ1) is 20.2. The quantitative estimate of drug-likeness (QED) is 0.190. The minimum absolute atomic E-state index is 0.121. The fourth-order valence-corrected chi connectivity index (χ4v) is 5.61. The molecule has 2 aliphatic rings. The van der Waals surface area contributed by atoms with Gasteiger partial charge in [-0.15, -0.1) is 0 Å². The lowest BCUT2D eigenvalue weighted by Crippen LogP contribution is -2.64. The number of carbonyl (C=O) groups is 1. The van der Waals surface area contributed by atoms with Gasteiger partial charge in [-0.3, -0.25) is 4.57 Å². The molecule has 0 N–H and O–H groups in total. The van der Waals surface area contributed by atoms with Gasteiger partial charge in [0.2, 0.25) is 0 Å². The van der Waals surface area contributed by atoms with Gasteiger partial charge in [0.1, 0.15) is 24.3 Å². The van der Waals surface area contributed by atoms with Crippen molar-refractivity contribution in [1.29, 1.82) is 0 Å². The van der Waals surface area contributed by atoms with Gasteiger partial charge in [-0.1, -0.05) is 50.0 Å². The number of hydrogen-bond acceptors (Lipinski definition) is 10. The van der Waals surface area contributed by atoms with E-state index in [9.17, 15) is 4.79 Å². The Balaban J connectivity index is 1.45. The summed E-state index contributed by atoms with van der Waals surface area (Å²) in [6.07, 6.45) is -0.00352. The molecule has 0 unspecified atom stereocenters. The largest absolute Gasteiger partial charge is 0.497 e. The van der Waals surface area contributed by atoms with Crippen molar-refractivity contribution in [3.63, 3.8) is 0 Å². The molecule has 224 valence electrons. The van der Waals surface area contributed by atoms with Gasteiger partial charge in [-0.05, 0) is 42.5 Å². The van der Waals surface area contributed by atoms with Crippen LogP contribution in [0.4, 0.5) is 0 Å². The second kappa shape index (κ2) is 13.4. The van der Waals surface area contributed by atoms with Crippen LogP contribution in [0.5, 0.6) is 5.75 Å². The number of ether oxygens (including phenoxy) is 7. The number of aromatic nitrogens is 2. The van der Waals surface area contributed by atoms with E-state index in [1.54, 1.807) is 48.3 Å². The molecule has 0 saturated carbocycles. The van der Waals surface area contributed by atoms with E-state index in [-0.39, 0.29) is 11.8 Å². The second-order valence-corrected chi connectivity index (χ2v) is 17.3. The van der Waals surface area contributed by atoms with E-state index >= 15 is 0 Å². The van der Waals surface area contributed by atoms with Gasteiger partial charge in [0.25, 0.3) is 5.17 Å².